The molecule has 2 aromatic carbocycles. The van der Waals surface area contributed by atoms with Crippen molar-refractivity contribution in [2.45, 2.75) is 44.6 Å². The van der Waals surface area contributed by atoms with Gasteiger partial charge < -0.3 is 0 Å². The molecule has 1 heteroatoms. The zero-order valence-electron chi connectivity index (χ0n) is 13.0. The average Bonchev–Trinajstić information content (AvgIpc) is 2.55. The lowest BCUT2D eigenvalue weighted by Crippen LogP contribution is -2.10. The normalized spacial score (nSPS) is 18.4. The monoisotopic (exact) mass is 289 g/mol. The predicted molar refractivity (Wildman–Crippen MR) is 93.5 cm³/mol. The SMILES string of the molecule is C1=NC(Cc2ccccc2)CCCCC=1Cc1ccccc1. The Morgan fingerprint density at radius 3 is 2.27 bits per heavy atom. The standard InChI is InChI=1S/C21H23N/c1-3-9-18(10-4-1)15-20-13-7-8-14-21(22-17-20)16-19-11-5-2-6-12-19/h1-6,9-12,21H,7-8,13-16H2. The molecule has 0 saturated heterocycles. The van der Waals surface area contributed by atoms with Gasteiger partial charge in [0.05, 0.1) is 6.04 Å². The summed E-state index contributed by atoms with van der Waals surface area (Å²) in [4.78, 5) is 4.77. The van der Waals surface area contributed by atoms with Gasteiger partial charge in [-0.2, -0.15) is 0 Å². The molecule has 22 heavy (non-hydrogen) atoms. The second-order valence-corrected chi connectivity index (χ2v) is 6.10. The van der Waals surface area contributed by atoms with Crippen molar-refractivity contribution in [1.82, 2.24) is 0 Å². The number of hydrogen-bond donors (Lipinski definition) is 0. The van der Waals surface area contributed by atoms with E-state index in [1.54, 1.807) is 0 Å². The molecule has 0 N–H and O–H groups in total. The maximum atomic E-state index is 4.77. The van der Waals surface area contributed by atoms with E-state index in [2.05, 4.69) is 66.5 Å². The molecule has 0 saturated carbocycles. The van der Waals surface area contributed by atoms with Gasteiger partial charge in [-0.15, -0.1) is 0 Å². The molecular formula is C21H23N. The van der Waals surface area contributed by atoms with Crippen molar-refractivity contribution in [2.24, 2.45) is 4.99 Å². The van der Waals surface area contributed by atoms with Gasteiger partial charge in [-0.05, 0) is 48.3 Å². The second-order valence-electron chi connectivity index (χ2n) is 6.10. The molecule has 0 bridgehead atoms. The molecule has 1 aliphatic rings. The molecule has 1 heterocycles. The molecule has 0 radical (unpaired) electrons. The smallest absolute Gasteiger partial charge is 0.0634 e. The van der Waals surface area contributed by atoms with E-state index in [1.165, 1.54) is 36.0 Å². The minimum atomic E-state index is 0.383. The summed E-state index contributed by atoms with van der Waals surface area (Å²) < 4.78 is 0. The highest BCUT2D eigenvalue weighted by Crippen LogP contribution is 2.18. The number of hydrogen-bond acceptors (Lipinski definition) is 1. The molecular weight excluding hydrogens is 266 g/mol. The van der Waals surface area contributed by atoms with Crippen LogP contribution in [-0.2, 0) is 12.8 Å². The van der Waals surface area contributed by atoms with E-state index in [-0.39, 0.29) is 0 Å². The van der Waals surface area contributed by atoms with Crippen molar-refractivity contribution < 1.29 is 0 Å². The third-order valence-corrected chi connectivity index (χ3v) is 4.25. The van der Waals surface area contributed by atoms with Gasteiger partial charge in [-0.3, -0.25) is 0 Å². The molecule has 0 aromatic heterocycles. The summed E-state index contributed by atoms with van der Waals surface area (Å²) in [7, 11) is 0. The molecule has 0 spiro atoms. The molecule has 1 nitrogen and oxygen atoms in total. The molecule has 0 amide bonds. The maximum absolute atomic E-state index is 4.77. The fourth-order valence-corrected chi connectivity index (χ4v) is 3.03. The summed E-state index contributed by atoms with van der Waals surface area (Å²) in [6, 6.07) is 21.7. The van der Waals surface area contributed by atoms with E-state index in [0.29, 0.717) is 6.04 Å². The van der Waals surface area contributed by atoms with Crippen LogP contribution in [0.2, 0.25) is 0 Å². The van der Waals surface area contributed by atoms with Crippen LogP contribution < -0.4 is 0 Å². The summed E-state index contributed by atoms with van der Waals surface area (Å²) in [6.07, 6.45) is 6.86. The molecule has 2 aromatic rings. The maximum Gasteiger partial charge on any atom is 0.0634 e. The van der Waals surface area contributed by atoms with Gasteiger partial charge in [0.15, 0.2) is 0 Å². The lowest BCUT2D eigenvalue weighted by Gasteiger charge is -2.14. The summed E-state index contributed by atoms with van der Waals surface area (Å²) >= 11 is 0. The van der Waals surface area contributed by atoms with E-state index >= 15 is 0 Å². The quantitative estimate of drug-likeness (QED) is 0.750. The van der Waals surface area contributed by atoms with Crippen LogP contribution in [0.25, 0.3) is 0 Å². The second kappa shape index (κ2) is 7.77. The Balaban J connectivity index is 1.72. The first-order valence-electron chi connectivity index (χ1n) is 8.28. The average molecular weight is 289 g/mol. The van der Waals surface area contributed by atoms with Crippen LogP contribution in [0.1, 0.15) is 36.8 Å². The van der Waals surface area contributed by atoms with Crippen molar-refractivity contribution in [3.63, 3.8) is 0 Å². The van der Waals surface area contributed by atoms with Gasteiger partial charge in [0.25, 0.3) is 0 Å². The van der Waals surface area contributed by atoms with Gasteiger partial charge in [-0.1, -0.05) is 67.1 Å². The van der Waals surface area contributed by atoms with Gasteiger partial charge in [0.2, 0.25) is 0 Å². The Kier molecular flexibility index (Phi) is 5.23. The lowest BCUT2D eigenvalue weighted by molar-refractivity contribution is 0.557. The first-order chi connectivity index (χ1) is 10.9. The first-order valence-corrected chi connectivity index (χ1v) is 8.28. The van der Waals surface area contributed by atoms with Gasteiger partial charge in [0.1, 0.15) is 0 Å². The van der Waals surface area contributed by atoms with Crippen LogP contribution in [-0.4, -0.2) is 11.9 Å². The third kappa shape index (κ3) is 4.44. The van der Waals surface area contributed by atoms with Gasteiger partial charge in [-0.25, -0.2) is 4.99 Å². The summed E-state index contributed by atoms with van der Waals surface area (Å²) in [5, 5.41) is 0. The zero-order valence-corrected chi connectivity index (χ0v) is 13.0. The molecule has 1 aliphatic heterocycles. The Bertz CT molecular complexity index is 636. The molecule has 112 valence electrons. The largest absolute Gasteiger partial charge is 0.239 e. The Morgan fingerprint density at radius 1 is 0.864 bits per heavy atom. The van der Waals surface area contributed by atoms with Crippen LogP contribution in [0.4, 0.5) is 0 Å². The van der Waals surface area contributed by atoms with Crippen molar-refractivity contribution >= 4 is 5.87 Å². The minimum absolute atomic E-state index is 0.383. The predicted octanol–water partition coefficient (Wildman–Crippen LogP) is 5.01. The van der Waals surface area contributed by atoms with Crippen LogP contribution >= 0.6 is 0 Å². The molecule has 0 aliphatic carbocycles. The number of allylic oxidation sites excluding steroid dienone is 1. The highest BCUT2D eigenvalue weighted by molar-refractivity contribution is 5.59. The number of aliphatic imine (C=N–C) groups is 1. The Labute approximate surface area is 133 Å². The van der Waals surface area contributed by atoms with Crippen molar-refractivity contribution in [1.29, 1.82) is 0 Å². The number of nitrogens with zero attached hydrogens (tertiary/aromatic N) is 1. The van der Waals surface area contributed by atoms with E-state index in [0.717, 1.165) is 19.3 Å². The minimum Gasteiger partial charge on any atom is -0.239 e. The van der Waals surface area contributed by atoms with E-state index in [4.69, 9.17) is 4.99 Å². The van der Waals surface area contributed by atoms with Crippen molar-refractivity contribution in [3.05, 3.63) is 77.4 Å². The summed E-state index contributed by atoms with van der Waals surface area (Å²) in [5.74, 6) is 3.38. The van der Waals surface area contributed by atoms with E-state index in [9.17, 15) is 0 Å². The fraction of sp³-hybridized carbons (Fsp3) is 0.333. The molecule has 0 fully saturated rings. The summed E-state index contributed by atoms with van der Waals surface area (Å²) in [5.41, 5.74) is 4.09. The van der Waals surface area contributed by atoms with Crippen molar-refractivity contribution in [2.75, 3.05) is 0 Å². The number of benzene rings is 2. The van der Waals surface area contributed by atoms with Crippen molar-refractivity contribution in [3.8, 4) is 0 Å². The van der Waals surface area contributed by atoms with E-state index < -0.39 is 0 Å². The molecule has 1 unspecified atom stereocenters. The van der Waals surface area contributed by atoms with Gasteiger partial charge in [0, 0.05) is 6.42 Å². The van der Waals surface area contributed by atoms with Crippen LogP contribution in [0.5, 0.6) is 0 Å². The Morgan fingerprint density at radius 2 is 1.55 bits per heavy atom. The first kappa shape index (κ1) is 14.8. The van der Waals surface area contributed by atoms with Crippen LogP contribution in [0, 0.1) is 0 Å². The topological polar surface area (TPSA) is 12.4 Å². The van der Waals surface area contributed by atoms with Gasteiger partial charge >= 0.3 is 0 Å². The molecule has 1 atom stereocenters. The molecule has 3 rings (SSSR count). The highest BCUT2D eigenvalue weighted by Gasteiger charge is 2.10. The van der Waals surface area contributed by atoms with Crippen LogP contribution in [0.15, 0.2) is 71.2 Å². The van der Waals surface area contributed by atoms with E-state index in [1.807, 2.05) is 0 Å². The number of rotatable bonds is 4. The highest BCUT2D eigenvalue weighted by atomic mass is 14.8. The fourth-order valence-electron chi connectivity index (χ4n) is 3.03. The Hall–Kier alpha value is -2.11. The lowest BCUT2D eigenvalue weighted by atomic mass is 9.96. The van der Waals surface area contributed by atoms with Crippen LogP contribution in [0.3, 0.4) is 0 Å². The summed E-state index contributed by atoms with van der Waals surface area (Å²) in [6.45, 7) is 0. The zero-order chi connectivity index (χ0) is 15.0. The third-order valence-electron chi connectivity index (χ3n) is 4.25.